The molecule has 0 saturated carbocycles. The highest BCUT2D eigenvalue weighted by Crippen LogP contribution is 2.30. The molecule has 2 aromatic rings. The predicted octanol–water partition coefficient (Wildman–Crippen LogP) is 4.83. The molecule has 0 aliphatic carbocycles. The molecule has 1 fully saturated rings. The SMILES string of the molecule is CC(c1ccccc1)N1CCc2ccc(N3CCCCCC3)cc2C1=O. The Bertz CT molecular complexity index is 763. The largest absolute Gasteiger partial charge is 0.372 e. The molecular weight excluding hydrogens is 320 g/mol. The van der Waals surface area contributed by atoms with Gasteiger partial charge in [0.1, 0.15) is 0 Å². The molecule has 2 aliphatic heterocycles. The second kappa shape index (κ2) is 7.53. The molecule has 26 heavy (non-hydrogen) atoms. The van der Waals surface area contributed by atoms with Gasteiger partial charge in [-0.2, -0.15) is 0 Å². The van der Waals surface area contributed by atoms with Crippen LogP contribution in [0.5, 0.6) is 0 Å². The topological polar surface area (TPSA) is 23.6 Å². The first kappa shape index (κ1) is 17.1. The Morgan fingerprint density at radius 1 is 0.885 bits per heavy atom. The monoisotopic (exact) mass is 348 g/mol. The Morgan fingerprint density at radius 2 is 1.62 bits per heavy atom. The lowest BCUT2D eigenvalue weighted by Crippen LogP contribution is -2.39. The molecule has 0 bridgehead atoms. The Hall–Kier alpha value is -2.29. The van der Waals surface area contributed by atoms with E-state index < -0.39 is 0 Å². The average molecular weight is 348 g/mol. The lowest BCUT2D eigenvalue weighted by Gasteiger charge is -2.34. The number of hydrogen-bond acceptors (Lipinski definition) is 2. The first-order chi connectivity index (χ1) is 12.7. The number of carbonyl (C=O) groups excluding carboxylic acids is 1. The number of nitrogens with zero attached hydrogens (tertiary/aromatic N) is 2. The van der Waals surface area contributed by atoms with Crippen molar-refractivity contribution in [1.82, 2.24) is 4.90 Å². The fourth-order valence-corrected chi connectivity index (χ4v) is 4.29. The van der Waals surface area contributed by atoms with Gasteiger partial charge in [-0.25, -0.2) is 0 Å². The molecular formula is C23H28N2O. The van der Waals surface area contributed by atoms with Crippen LogP contribution in [0.15, 0.2) is 48.5 Å². The first-order valence-electron chi connectivity index (χ1n) is 9.98. The lowest BCUT2D eigenvalue weighted by molar-refractivity contribution is 0.0673. The Balaban J connectivity index is 1.59. The van der Waals surface area contributed by atoms with E-state index in [-0.39, 0.29) is 11.9 Å². The zero-order valence-electron chi connectivity index (χ0n) is 15.7. The van der Waals surface area contributed by atoms with Crippen LogP contribution in [0.1, 0.15) is 60.1 Å². The molecule has 1 saturated heterocycles. The summed E-state index contributed by atoms with van der Waals surface area (Å²) in [6, 6.07) is 17.0. The van der Waals surface area contributed by atoms with Crippen molar-refractivity contribution in [2.45, 2.75) is 45.1 Å². The maximum Gasteiger partial charge on any atom is 0.254 e. The van der Waals surface area contributed by atoms with E-state index in [0.29, 0.717) is 0 Å². The molecule has 4 rings (SSSR count). The summed E-state index contributed by atoms with van der Waals surface area (Å²) in [7, 11) is 0. The summed E-state index contributed by atoms with van der Waals surface area (Å²) in [5.74, 6) is 0.180. The first-order valence-corrected chi connectivity index (χ1v) is 9.98. The van der Waals surface area contributed by atoms with Crippen molar-refractivity contribution >= 4 is 11.6 Å². The standard InChI is InChI=1S/C23H28N2O/c1-18(19-9-5-4-6-10-19)25-16-13-20-11-12-21(17-22(20)23(25)26)24-14-7-2-3-8-15-24/h4-6,9-12,17-18H,2-3,7-8,13-16H2,1H3. The van der Waals surface area contributed by atoms with Crippen LogP contribution in [-0.4, -0.2) is 30.4 Å². The smallest absolute Gasteiger partial charge is 0.254 e. The lowest BCUT2D eigenvalue weighted by atomic mass is 9.95. The second-order valence-corrected chi connectivity index (χ2v) is 7.58. The molecule has 2 aromatic carbocycles. The van der Waals surface area contributed by atoms with Gasteiger partial charge in [-0.05, 0) is 49.4 Å². The number of fused-ring (bicyclic) bond motifs is 1. The van der Waals surface area contributed by atoms with Gasteiger partial charge in [0, 0.05) is 30.9 Å². The van der Waals surface area contributed by atoms with E-state index in [4.69, 9.17) is 0 Å². The van der Waals surface area contributed by atoms with Crippen molar-refractivity contribution in [3.05, 3.63) is 65.2 Å². The summed E-state index contributed by atoms with van der Waals surface area (Å²) in [4.78, 5) is 17.7. The van der Waals surface area contributed by atoms with E-state index >= 15 is 0 Å². The molecule has 0 spiro atoms. The number of amides is 1. The van der Waals surface area contributed by atoms with Crippen LogP contribution < -0.4 is 4.90 Å². The molecule has 2 heterocycles. The summed E-state index contributed by atoms with van der Waals surface area (Å²) in [6.45, 7) is 5.15. The van der Waals surface area contributed by atoms with Gasteiger partial charge in [-0.1, -0.05) is 49.2 Å². The van der Waals surface area contributed by atoms with Gasteiger partial charge >= 0.3 is 0 Å². The van der Waals surface area contributed by atoms with Crippen LogP contribution in [-0.2, 0) is 6.42 Å². The van der Waals surface area contributed by atoms with Crippen molar-refractivity contribution in [3.63, 3.8) is 0 Å². The third-order valence-electron chi connectivity index (χ3n) is 5.93. The molecule has 3 nitrogen and oxygen atoms in total. The van der Waals surface area contributed by atoms with Gasteiger partial charge in [0.2, 0.25) is 0 Å². The number of hydrogen-bond donors (Lipinski definition) is 0. The molecule has 1 atom stereocenters. The van der Waals surface area contributed by atoms with Crippen molar-refractivity contribution in [2.75, 3.05) is 24.5 Å². The van der Waals surface area contributed by atoms with E-state index in [0.717, 1.165) is 31.6 Å². The molecule has 1 unspecified atom stereocenters. The highest BCUT2D eigenvalue weighted by atomic mass is 16.2. The Labute approximate surface area is 156 Å². The Morgan fingerprint density at radius 3 is 2.35 bits per heavy atom. The number of benzene rings is 2. The van der Waals surface area contributed by atoms with Crippen LogP contribution in [0.4, 0.5) is 5.69 Å². The predicted molar refractivity (Wildman–Crippen MR) is 107 cm³/mol. The van der Waals surface area contributed by atoms with E-state index in [2.05, 4.69) is 42.2 Å². The minimum Gasteiger partial charge on any atom is -0.372 e. The molecule has 3 heteroatoms. The van der Waals surface area contributed by atoms with Crippen molar-refractivity contribution in [2.24, 2.45) is 0 Å². The second-order valence-electron chi connectivity index (χ2n) is 7.58. The maximum absolute atomic E-state index is 13.2. The van der Waals surface area contributed by atoms with E-state index in [9.17, 15) is 4.79 Å². The zero-order valence-corrected chi connectivity index (χ0v) is 15.7. The maximum atomic E-state index is 13.2. The summed E-state index contributed by atoms with van der Waals surface area (Å²) in [6.07, 6.45) is 6.09. The molecule has 136 valence electrons. The van der Waals surface area contributed by atoms with E-state index in [1.807, 2.05) is 23.1 Å². The summed E-state index contributed by atoms with van der Waals surface area (Å²) in [5, 5.41) is 0. The van der Waals surface area contributed by atoms with Crippen LogP contribution in [0, 0.1) is 0 Å². The highest BCUT2D eigenvalue weighted by Gasteiger charge is 2.29. The van der Waals surface area contributed by atoms with Crippen LogP contribution in [0.25, 0.3) is 0 Å². The van der Waals surface area contributed by atoms with Gasteiger partial charge in [-0.3, -0.25) is 4.79 Å². The molecule has 0 radical (unpaired) electrons. The fourth-order valence-electron chi connectivity index (χ4n) is 4.29. The van der Waals surface area contributed by atoms with Crippen molar-refractivity contribution in [1.29, 1.82) is 0 Å². The number of anilines is 1. The third kappa shape index (κ3) is 3.35. The van der Waals surface area contributed by atoms with Crippen LogP contribution in [0.2, 0.25) is 0 Å². The quantitative estimate of drug-likeness (QED) is 0.793. The van der Waals surface area contributed by atoms with Gasteiger partial charge in [0.25, 0.3) is 5.91 Å². The van der Waals surface area contributed by atoms with Crippen molar-refractivity contribution < 1.29 is 4.79 Å². The fraction of sp³-hybridized carbons (Fsp3) is 0.435. The normalized spacial score (nSPS) is 19.0. The summed E-state index contributed by atoms with van der Waals surface area (Å²) >= 11 is 0. The van der Waals surface area contributed by atoms with Crippen molar-refractivity contribution in [3.8, 4) is 0 Å². The molecule has 2 aliphatic rings. The minimum atomic E-state index is 0.110. The molecule has 0 N–H and O–H groups in total. The highest BCUT2D eigenvalue weighted by molar-refractivity contribution is 5.98. The van der Waals surface area contributed by atoms with E-state index in [1.165, 1.54) is 42.5 Å². The van der Waals surface area contributed by atoms with Gasteiger partial charge < -0.3 is 9.80 Å². The van der Waals surface area contributed by atoms with Gasteiger partial charge in [0.05, 0.1) is 6.04 Å². The van der Waals surface area contributed by atoms with Gasteiger partial charge in [-0.15, -0.1) is 0 Å². The molecule has 1 amide bonds. The summed E-state index contributed by atoms with van der Waals surface area (Å²) in [5.41, 5.74) is 4.52. The third-order valence-corrected chi connectivity index (χ3v) is 5.93. The van der Waals surface area contributed by atoms with Crippen LogP contribution in [0.3, 0.4) is 0 Å². The summed E-state index contributed by atoms with van der Waals surface area (Å²) < 4.78 is 0. The number of rotatable bonds is 3. The molecule has 0 aromatic heterocycles. The minimum absolute atomic E-state index is 0.110. The average Bonchev–Trinajstić information content (AvgIpc) is 2.98. The van der Waals surface area contributed by atoms with Crippen LogP contribution >= 0.6 is 0 Å². The number of carbonyl (C=O) groups is 1. The van der Waals surface area contributed by atoms with Gasteiger partial charge in [0.15, 0.2) is 0 Å². The Kier molecular flexibility index (Phi) is 4.96. The van der Waals surface area contributed by atoms with E-state index in [1.54, 1.807) is 0 Å². The zero-order chi connectivity index (χ0) is 17.9.